The summed E-state index contributed by atoms with van der Waals surface area (Å²) in [4.78, 5) is 13.8. The molecule has 0 N–H and O–H groups in total. The van der Waals surface area contributed by atoms with Gasteiger partial charge in [-0.15, -0.1) is 0 Å². The van der Waals surface area contributed by atoms with Gasteiger partial charge in [-0.3, -0.25) is 9.69 Å². The highest BCUT2D eigenvalue weighted by Gasteiger charge is 2.22. The molecule has 18 heavy (non-hydrogen) atoms. The van der Waals surface area contributed by atoms with Crippen molar-refractivity contribution in [2.45, 2.75) is 45.1 Å². The Labute approximate surface area is 112 Å². The molecule has 1 atom stereocenters. The Morgan fingerprint density at radius 1 is 1.39 bits per heavy atom. The van der Waals surface area contributed by atoms with E-state index in [-0.39, 0.29) is 12.0 Å². The predicted octanol–water partition coefficient (Wildman–Crippen LogP) is 3.17. The molecule has 0 fully saturated rings. The van der Waals surface area contributed by atoms with Crippen LogP contribution in [0.1, 0.15) is 39.0 Å². The van der Waals surface area contributed by atoms with Crippen LogP contribution in [0.25, 0.3) is 0 Å². The van der Waals surface area contributed by atoms with Gasteiger partial charge in [-0.05, 0) is 13.5 Å². The number of hydrogen-bond acceptors (Lipinski definition) is 3. The number of hydrogen-bond donors (Lipinski definition) is 0. The van der Waals surface area contributed by atoms with E-state index in [0.29, 0.717) is 0 Å². The highest BCUT2D eigenvalue weighted by molar-refractivity contribution is 5.75. The van der Waals surface area contributed by atoms with E-state index < -0.39 is 0 Å². The normalized spacial score (nSPS) is 12.9. The van der Waals surface area contributed by atoms with Crippen molar-refractivity contribution in [1.82, 2.24) is 4.90 Å². The van der Waals surface area contributed by atoms with E-state index in [1.807, 2.05) is 24.1 Å². The Kier molecular flexibility index (Phi) is 10.4. The monoisotopic (exact) mass is 253 g/mol. The summed E-state index contributed by atoms with van der Waals surface area (Å²) in [7, 11) is 3.41. The van der Waals surface area contributed by atoms with E-state index in [9.17, 15) is 4.79 Å². The summed E-state index contributed by atoms with van der Waals surface area (Å²) in [6.45, 7) is 6.55. The Balaban J connectivity index is 4.24. The zero-order valence-electron chi connectivity index (χ0n) is 12.0. The van der Waals surface area contributed by atoms with E-state index in [4.69, 9.17) is 4.74 Å². The van der Waals surface area contributed by atoms with Crippen LogP contribution in [0.5, 0.6) is 0 Å². The van der Waals surface area contributed by atoms with Crippen LogP contribution in [0, 0.1) is 0 Å². The van der Waals surface area contributed by atoms with Gasteiger partial charge in [0.25, 0.3) is 0 Å². The maximum absolute atomic E-state index is 11.7. The minimum absolute atomic E-state index is 0.138. The summed E-state index contributed by atoms with van der Waals surface area (Å²) < 4.78 is 4.87. The van der Waals surface area contributed by atoms with Gasteiger partial charge in [-0.2, -0.15) is 0 Å². The van der Waals surface area contributed by atoms with Crippen molar-refractivity contribution in [3.05, 3.63) is 24.8 Å². The van der Waals surface area contributed by atoms with Crippen LogP contribution >= 0.6 is 0 Å². The fourth-order valence-corrected chi connectivity index (χ4v) is 1.87. The van der Waals surface area contributed by atoms with Crippen LogP contribution in [0.2, 0.25) is 0 Å². The lowest BCUT2D eigenvalue weighted by molar-refractivity contribution is -0.146. The second-order valence-electron chi connectivity index (χ2n) is 4.49. The first-order valence-electron chi connectivity index (χ1n) is 6.73. The lowest BCUT2D eigenvalue weighted by atomic mass is 10.1. The molecule has 0 saturated carbocycles. The summed E-state index contributed by atoms with van der Waals surface area (Å²) >= 11 is 0. The predicted molar refractivity (Wildman–Crippen MR) is 76.5 cm³/mol. The van der Waals surface area contributed by atoms with Crippen molar-refractivity contribution < 1.29 is 9.53 Å². The van der Waals surface area contributed by atoms with E-state index in [1.54, 1.807) is 6.08 Å². The average Bonchev–Trinajstić information content (AvgIpc) is 2.38. The molecule has 0 aliphatic heterocycles. The Morgan fingerprint density at radius 2 is 2.11 bits per heavy atom. The molecule has 104 valence electrons. The third kappa shape index (κ3) is 7.28. The quantitative estimate of drug-likeness (QED) is 0.340. The van der Waals surface area contributed by atoms with Crippen molar-refractivity contribution in [3.8, 4) is 0 Å². The largest absolute Gasteiger partial charge is 0.468 e. The van der Waals surface area contributed by atoms with Gasteiger partial charge >= 0.3 is 5.97 Å². The standard InChI is InChI=1S/C15H27NO2/c1-5-7-9-10-12-14(15(17)18-4)16(3)13-11-8-6-2/h6,8,11,14H,2,5,7,9-10,12-13H2,1,3-4H3/b11-8+. The summed E-state index contributed by atoms with van der Waals surface area (Å²) in [5.74, 6) is -0.138. The molecular formula is C15H27NO2. The maximum Gasteiger partial charge on any atom is 0.323 e. The molecule has 0 rings (SSSR count). The minimum Gasteiger partial charge on any atom is -0.468 e. The molecule has 0 aromatic carbocycles. The van der Waals surface area contributed by atoms with Crippen LogP contribution in [0.3, 0.4) is 0 Å². The van der Waals surface area contributed by atoms with Crippen LogP contribution < -0.4 is 0 Å². The van der Waals surface area contributed by atoms with Gasteiger partial charge in [0.05, 0.1) is 7.11 Å². The summed E-state index contributed by atoms with van der Waals surface area (Å²) in [5, 5.41) is 0. The van der Waals surface area contributed by atoms with Gasteiger partial charge < -0.3 is 4.74 Å². The fourth-order valence-electron chi connectivity index (χ4n) is 1.87. The molecule has 0 amide bonds. The van der Waals surface area contributed by atoms with Crippen molar-refractivity contribution >= 4 is 5.97 Å². The summed E-state index contributed by atoms with van der Waals surface area (Å²) in [6.07, 6.45) is 11.2. The first kappa shape index (κ1) is 16.9. The first-order chi connectivity index (χ1) is 8.67. The number of allylic oxidation sites excluding steroid dienone is 2. The smallest absolute Gasteiger partial charge is 0.323 e. The number of nitrogens with zero attached hydrogens (tertiary/aromatic N) is 1. The lowest BCUT2D eigenvalue weighted by Crippen LogP contribution is -2.39. The summed E-state index contributed by atoms with van der Waals surface area (Å²) in [5.41, 5.74) is 0. The van der Waals surface area contributed by atoms with E-state index in [0.717, 1.165) is 19.4 Å². The number of likely N-dealkylation sites (N-methyl/N-ethyl adjacent to an activating group) is 1. The van der Waals surface area contributed by atoms with Crippen molar-refractivity contribution in [3.63, 3.8) is 0 Å². The number of ether oxygens (including phenoxy) is 1. The third-order valence-electron chi connectivity index (χ3n) is 3.00. The molecule has 0 bridgehead atoms. The topological polar surface area (TPSA) is 29.5 Å². The Morgan fingerprint density at radius 3 is 2.67 bits per heavy atom. The van der Waals surface area contributed by atoms with Gasteiger partial charge in [-0.1, -0.05) is 57.4 Å². The molecule has 1 unspecified atom stereocenters. The highest BCUT2D eigenvalue weighted by Crippen LogP contribution is 2.11. The van der Waals surface area contributed by atoms with Gasteiger partial charge in [0.15, 0.2) is 0 Å². The number of esters is 1. The van der Waals surface area contributed by atoms with Gasteiger partial charge in [-0.25, -0.2) is 0 Å². The van der Waals surface area contributed by atoms with Crippen LogP contribution in [-0.4, -0.2) is 37.6 Å². The number of carbonyl (C=O) groups excluding carboxylic acids is 1. The Hall–Kier alpha value is -1.09. The Bertz CT molecular complexity index is 261. The number of unbranched alkanes of at least 4 members (excludes halogenated alkanes) is 3. The van der Waals surface area contributed by atoms with Gasteiger partial charge in [0.1, 0.15) is 6.04 Å². The van der Waals surface area contributed by atoms with E-state index in [1.165, 1.54) is 26.4 Å². The molecule has 3 heteroatoms. The van der Waals surface area contributed by atoms with E-state index in [2.05, 4.69) is 13.5 Å². The zero-order valence-corrected chi connectivity index (χ0v) is 12.0. The first-order valence-corrected chi connectivity index (χ1v) is 6.73. The summed E-state index contributed by atoms with van der Waals surface area (Å²) in [6, 6.07) is -0.138. The highest BCUT2D eigenvalue weighted by atomic mass is 16.5. The van der Waals surface area contributed by atoms with Crippen LogP contribution in [0.15, 0.2) is 24.8 Å². The molecule has 0 aliphatic carbocycles. The van der Waals surface area contributed by atoms with E-state index >= 15 is 0 Å². The van der Waals surface area contributed by atoms with Gasteiger partial charge in [0, 0.05) is 6.54 Å². The van der Waals surface area contributed by atoms with Crippen LogP contribution in [0.4, 0.5) is 0 Å². The van der Waals surface area contributed by atoms with Crippen molar-refractivity contribution in [2.24, 2.45) is 0 Å². The van der Waals surface area contributed by atoms with Gasteiger partial charge in [0.2, 0.25) is 0 Å². The molecule has 0 saturated heterocycles. The fraction of sp³-hybridized carbons (Fsp3) is 0.667. The molecule has 0 heterocycles. The SMILES string of the molecule is C=C/C=C/CN(C)C(CCCCCC)C(=O)OC. The number of carbonyl (C=O) groups is 1. The maximum atomic E-state index is 11.7. The second kappa shape index (κ2) is 11.0. The average molecular weight is 253 g/mol. The molecular weight excluding hydrogens is 226 g/mol. The van der Waals surface area contributed by atoms with Crippen molar-refractivity contribution in [2.75, 3.05) is 20.7 Å². The molecule has 3 nitrogen and oxygen atoms in total. The third-order valence-corrected chi connectivity index (χ3v) is 3.00. The molecule has 0 aliphatic rings. The minimum atomic E-state index is -0.138. The van der Waals surface area contributed by atoms with Crippen LogP contribution in [-0.2, 0) is 9.53 Å². The lowest BCUT2D eigenvalue weighted by Gasteiger charge is -2.24. The molecule has 0 spiro atoms. The number of rotatable bonds is 10. The second-order valence-corrected chi connectivity index (χ2v) is 4.49. The molecule has 0 radical (unpaired) electrons. The molecule has 0 aromatic heterocycles. The number of methoxy groups -OCH3 is 1. The molecule has 0 aromatic rings. The zero-order chi connectivity index (χ0) is 13.8. The van der Waals surface area contributed by atoms with Crippen molar-refractivity contribution in [1.29, 1.82) is 0 Å².